The average molecular weight is 595 g/mol. The van der Waals surface area contributed by atoms with E-state index in [-0.39, 0.29) is 0 Å². The van der Waals surface area contributed by atoms with Gasteiger partial charge in [0.1, 0.15) is 0 Å². The smallest absolute Gasteiger partial charge is 0.0538 e. The minimum atomic E-state index is 0.441. The van der Waals surface area contributed by atoms with Crippen molar-refractivity contribution in [3.8, 4) is 11.1 Å². The summed E-state index contributed by atoms with van der Waals surface area (Å²) in [6, 6.07) is 44.1. The molecule has 0 amide bonds. The molecule has 0 radical (unpaired) electrons. The molecule has 2 unspecified atom stereocenters. The van der Waals surface area contributed by atoms with Crippen molar-refractivity contribution in [2.24, 2.45) is 11.8 Å². The minimum absolute atomic E-state index is 0.441. The summed E-state index contributed by atoms with van der Waals surface area (Å²) < 4.78 is 2.48. The van der Waals surface area contributed by atoms with E-state index in [1.807, 2.05) is 0 Å². The highest BCUT2D eigenvalue weighted by Crippen LogP contribution is 2.40. The van der Waals surface area contributed by atoms with Gasteiger partial charge in [0, 0.05) is 33.4 Å². The van der Waals surface area contributed by atoms with Crippen molar-refractivity contribution in [3.05, 3.63) is 163 Å². The largest absolute Gasteiger partial charge is 0.355 e. The maximum Gasteiger partial charge on any atom is 0.0538 e. The molecular formula is C44H38N2. The number of nitrogens with one attached hydrogen (secondary N) is 1. The highest BCUT2D eigenvalue weighted by Gasteiger charge is 2.21. The van der Waals surface area contributed by atoms with E-state index in [2.05, 4.69) is 175 Å². The molecule has 2 heteroatoms. The zero-order valence-corrected chi connectivity index (χ0v) is 26.4. The van der Waals surface area contributed by atoms with Crippen LogP contribution < -0.4 is 5.32 Å². The van der Waals surface area contributed by atoms with E-state index in [9.17, 15) is 0 Å². The third-order valence-corrected chi connectivity index (χ3v) is 9.62. The Morgan fingerprint density at radius 3 is 2.17 bits per heavy atom. The van der Waals surface area contributed by atoms with E-state index >= 15 is 0 Å². The molecule has 2 nitrogen and oxygen atoms in total. The van der Waals surface area contributed by atoms with Crippen LogP contribution in [0.4, 0.5) is 11.4 Å². The zero-order valence-electron chi connectivity index (χ0n) is 26.4. The Morgan fingerprint density at radius 2 is 1.35 bits per heavy atom. The molecule has 2 aliphatic rings. The van der Waals surface area contributed by atoms with Crippen molar-refractivity contribution in [3.63, 3.8) is 0 Å². The van der Waals surface area contributed by atoms with E-state index in [1.165, 1.54) is 60.9 Å². The number of allylic oxidation sites excluding steroid dienone is 8. The van der Waals surface area contributed by atoms with Crippen molar-refractivity contribution in [2.75, 3.05) is 5.32 Å². The van der Waals surface area contributed by atoms with Gasteiger partial charge in [-0.1, -0.05) is 123 Å². The van der Waals surface area contributed by atoms with E-state index < -0.39 is 0 Å². The predicted molar refractivity (Wildman–Crippen MR) is 198 cm³/mol. The van der Waals surface area contributed by atoms with Crippen LogP contribution in [0.2, 0.25) is 0 Å². The number of hydrogen-bond acceptors (Lipinski definition) is 1. The van der Waals surface area contributed by atoms with Crippen LogP contribution in [0.5, 0.6) is 0 Å². The van der Waals surface area contributed by atoms with Crippen molar-refractivity contribution >= 4 is 50.0 Å². The van der Waals surface area contributed by atoms with Gasteiger partial charge in [0.2, 0.25) is 0 Å². The number of anilines is 2. The van der Waals surface area contributed by atoms with Crippen molar-refractivity contribution < 1.29 is 0 Å². The lowest BCUT2D eigenvalue weighted by Crippen LogP contribution is -2.08. The van der Waals surface area contributed by atoms with Crippen molar-refractivity contribution in [1.29, 1.82) is 0 Å². The van der Waals surface area contributed by atoms with Crippen LogP contribution >= 0.6 is 0 Å². The topological polar surface area (TPSA) is 17.0 Å². The summed E-state index contributed by atoms with van der Waals surface area (Å²) >= 11 is 0. The molecule has 0 spiro atoms. The monoisotopic (exact) mass is 594 g/mol. The SMILES string of the molecule is CC1C=CC=C(c2ccccc2Nc2ccc(-c3ccc4c(c3)c3ccccc3n4C3=CC=C(c4ccccc4)C(C)C3)cc2)C1. The first kappa shape index (κ1) is 28.2. The Balaban J connectivity index is 1.11. The molecule has 2 atom stereocenters. The summed E-state index contributed by atoms with van der Waals surface area (Å²) in [7, 11) is 0. The molecule has 224 valence electrons. The van der Waals surface area contributed by atoms with Gasteiger partial charge in [-0.05, 0) is 95.0 Å². The van der Waals surface area contributed by atoms with Crippen LogP contribution in [0.3, 0.4) is 0 Å². The van der Waals surface area contributed by atoms with Crippen LogP contribution in [0.1, 0.15) is 37.8 Å². The molecule has 6 aromatic rings. The lowest BCUT2D eigenvalue weighted by molar-refractivity contribution is 0.749. The Morgan fingerprint density at radius 1 is 0.609 bits per heavy atom. The van der Waals surface area contributed by atoms with Gasteiger partial charge in [-0.3, -0.25) is 0 Å². The maximum atomic E-state index is 3.69. The van der Waals surface area contributed by atoms with Crippen LogP contribution in [0.15, 0.2) is 152 Å². The van der Waals surface area contributed by atoms with Gasteiger partial charge < -0.3 is 9.88 Å². The summed E-state index contributed by atoms with van der Waals surface area (Å²) in [6.45, 7) is 4.63. The van der Waals surface area contributed by atoms with Crippen LogP contribution in [0, 0.1) is 11.8 Å². The number of fused-ring (bicyclic) bond motifs is 3. The minimum Gasteiger partial charge on any atom is -0.355 e. The molecule has 46 heavy (non-hydrogen) atoms. The highest BCUT2D eigenvalue weighted by molar-refractivity contribution is 6.11. The van der Waals surface area contributed by atoms with E-state index in [0.717, 1.165) is 24.2 Å². The van der Waals surface area contributed by atoms with E-state index in [1.54, 1.807) is 0 Å². The molecular weight excluding hydrogens is 556 g/mol. The molecule has 0 saturated carbocycles. The molecule has 8 rings (SSSR count). The van der Waals surface area contributed by atoms with E-state index in [4.69, 9.17) is 0 Å². The first-order chi connectivity index (χ1) is 22.6. The predicted octanol–water partition coefficient (Wildman–Crippen LogP) is 12.1. The molecule has 5 aromatic carbocycles. The lowest BCUT2D eigenvalue weighted by atomic mass is 9.86. The number of benzene rings is 5. The second kappa shape index (κ2) is 11.9. The molecule has 2 aliphatic carbocycles. The van der Waals surface area contributed by atoms with E-state index in [0.29, 0.717) is 11.8 Å². The van der Waals surface area contributed by atoms with Gasteiger partial charge in [0.15, 0.2) is 0 Å². The van der Waals surface area contributed by atoms with Crippen molar-refractivity contribution in [2.45, 2.75) is 26.7 Å². The Kier molecular flexibility index (Phi) is 7.27. The van der Waals surface area contributed by atoms with Gasteiger partial charge >= 0.3 is 0 Å². The van der Waals surface area contributed by atoms with Gasteiger partial charge in [-0.2, -0.15) is 0 Å². The second-order valence-electron chi connectivity index (χ2n) is 12.8. The molecule has 0 saturated heterocycles. The summed E-state index contributed by atoms with van der Waals surface area (Å²) in [5, 5.41) is 6.28. The number of para-hydroxylation sites is 2. The molecule has 1 aromatic heterocycles. The third-order valence-electron chi connectivity index (χ3n) is 9.62. The van der Waals surface area contributed by atoms with Crippen LogP contribution in [-0.2, 0) is 0 Å². The second-order valence-corrected chi connectivity index (χ2v) is 12.8. The molecule has 1 heterocycles. The van der Waals surface area contributed by atoms with Crippen LogP contribution in [0.25, 0.3) is 49.8 Å². The molecule has 0 bridgehead atoms. The van der Waals surface area contributed by atoms with Gasteiger partial charge in [0.05, 0.1) is 11.0 Å². The fraction of sp³-hybridized carbons (Fsp3) is 0.136. The Bertz CT molecular complexity index is 2190. The summed E-state index contributed by atoms with van der Waals surface area (Å²) in [4.78, 5) is 0. The number of aromatic nitrogens is 1. The molecule has 0 fully saturated rings. The Labute approximate surface area is 271 Å². The number of nitrogens with zero attached hydrogens (tertiary/aromatic N) is 1. The summed E-state index contributed by atoms with van der Waals surface area (Å²) in [5.74, 6) is 1.00. The van der Waals surface area contributed by atoms with Crippen LogP contribution in [-0.4, -0.2) is 4.57 Å². The summed E-state index contributed by atoms with van der Waals surface area (Å²) in [6.07, 6.45) is 13.4. The fourth-order valence-corrected chi connectivity index (χ4v) is 7.30. The third kappa shape index (κ3) is 5.20. The zero-order chi connectivity index (χ0) is 31.0. The normalized spacial score (nSPS) is 17.9. The first-order valence-electron chi connectivity index (χ1n) is 16.5. The molecule has 1 N–H and O–H groups in total. The average Bonchev–Trinajstić information content (AvgIpc) is 3.43. The Hall–Kier alpha value is -5.34. The van der Waals surface area contributed by atoms with Gasteiger partial charge in [0.25, 0.3) is 0 Å². The summed E-state index contributed by atoms with van der Waals surface area (Å²) in [5.41, 5.74) is 13.9. The first-order valence-corrected chi connectivity index (χ1v) is 16.5. The standard InChI is InChI=1S/C44H38N2/c1-30-11-10-14-35(27-30)39-15-6-8-17-42(39)45-36-22-19-32(20-23-36)34-21-26-44-41(29-34)40-16-7-9-18-43(40)46(44)37-24-25-38(31(2)28-37)33-12-4-3-5-13-33/h3-26,29-31,45H,27-28H2,1-2H3. The number of rotatable bonds is 6. The van der Waals surface area contributed by atoms with Gasteiger partial charge in [-0.15, -0.1) is 0 Å². The van der Waals surface area contributed by atoms with Crippen molar-refractivity contribution in [1.82, 2.24) is 4.57 Å². The quantitative estimate of drug-likeness (QED) is 0.203. The molecule has 0 aliphatic heterocycles. The lowest BCUT2D eigenvalue weighted by Gasteiger charge is -2.24. The maximum absolute atomic E-state index is 3.69. The highest BCUT2D eigenvalue weighted by atomic mass is 15.0. The van der Waals surface area contributed by atoms with Gasteiger partial charge in [-0.25, -0.2) is 0 Å². The number of hydrogen-bond donors (Lipinski definition) is 1. The fourth-order valence-electron chi connectivity index (χ4n) is 7.30.